The summed E-state index contributed by atoms with van der Waals surface area (Å²) < 4.78 is 0. The minimum atomic E-state index is -0.320. The lowest BCUT2D eigenvalue weighted by atomic mass is 10.1. The molecular weight excluding hydrogens is 386 g/mol. The first-order valence-corrected chi connectivity index (χ1v) is 10.2. The number of hydrogen-bond acceptors (Lipinski definition) is 2. The van der Waals surface area contributed by atoms with E-state index in [0.29, 0.717) is 18.1 Å². The summed E-state index contributed by atoms with van der Waals surface area (Å²) in [6, 6.07) is 11.6. The molecule has 150 valence electrons. The van der Waals surface area contributed by atoms with E-state index in [1.54, 1.807) is 4.90 Å². The molecule has 0 spiro atoms. The zero-order chi connectivity index (χ0) is 20.5. The Hall–Kier alpha value is -2.79. The molecule has 2 aromatic carbocycles. The zero-order valence-electron chi connectivity index (χ0n) is 16.6. The molecule has 4 rings (SSSR count). The van der Waals surface area contributed by atoms with Gasteiger partial charge >= 0.3 is 0 Å². The van der Waals surface area contributed by atoms with Crippen molar-refractivity contribution in [3.05, 3.63) is 64.3 Å². The summed E-state index contributed by atoms with van der Waals surface area (Å²) in [5, 5.41) is 4.77. The molecule has 2 N–H and O–H groups in total. The molecule has 6 heteroatoms. The van der Waals surface area contributed by atoms with Crippen molar-refractivity contribution in [1.82, 2.24) is 9.88 Å². The van der Waals surface area contributed by atoms with Gasteiger partial charge in [-0.2, -0.15) is 0 Å². The quantitative estimate of drug-likeness (QED) is 0.653. The first-order chi connectivity index (χ1) is 13.9. The smallest absolute Gasteiger partial charge is 0.229 e. The molecule has 0 saturated carbocycles. The Labute approximate surface area is 175 Å². The van der Waals surface area contributed by atoms with Gasteiger partial charge in [-0.05, 0) is 61.2 Å². The lowest BCUT2D eigenvalue weighted by Crippen LogP contribution is -2.30. The third-order valence-corrected chi connectivity index (χ3v) is 6.06. The highest BCUT2D eigenvalue weighted by Gasteiger charge is 2.34. The van der Waals surface area contributed by atoms with Crippen molar-refractivity contribution in [2.45, 2.75) is 26.7 Å². The number of nitrogens with zero attached hydrogens (tertiary/aromatic N) is 1. The van der Waals surface area contributed by atoms with E-state index in [1.165, 1.54) is 0 Å². The molecule has 0 aliphatic carbocycles. The molecule has 1 aromatic heterocycles. The van der Waals surface area contributed by atoms with E-state index in [9.17, 15) is 9.59 Å². The fraction of sp³-hybridized carbons (Fsp3) is 0.304. The molecule has 5 nitrogen and oxygen atoms in total. The van der Waals surface area contributed by atoms with Crippen molar-refractivity contribution in [3.8, 4) is 0 Å². The van der Waals surface area contributed by atoms with Crippen LogP contribution in [-0.2, 0) is 16.0 Å². The molecule has 0 bridgehead atoms. The van der Waals surface area contributed by atoms with Crippen molar-refractivity contribution < 1.29 is 9.59 Å². The molecule has 1 fully saturated rings. The van der Waals surface area contributed by atoms with Gasteiger partial charge in [0.2, 0.25) is 11.8 Å². The number of nitrogens with one attached hydrogen (secondary N) is 2. The number of aromatic amines is 1. The largest absolute Gasteiger partial charge is 0.361 e. The normalized spacial score (nSPS) is 16.6. The fourth-order valence-electron chi connectivity index (χ4n) is 3.90. The monoisotopic (exact) mass is 409 g/mol. The van der Waals surface area contributed by atoms with E-state index >= 15 is 0 Å². The second-order valence-corrected chi connectivity index (χ2v) is 8.17. The zero-order valence-corrected chi connectivity index (χ0v) is 17.3. The van der Waals surface area contributed by atoms with Crippen LogP contribution in [0, 0.1) is 19.8 Å². The van der Waals surface area contributed by atoms with Crippen molar-refractivity contribution in [2.24, 2.45) is 5.92 Å². The number of H-pyrrole nitrogens is 1. The van der Waals surface area contributed by atoms with Crippen molar-refractivity contribution in [2.75, 3.05) is 18.4 Å². The standard InChI is InChI=1S/C23H24ClN3O2/c1-14-4-3-5-20(15(14)2)26-23(29)17-10-22(28)27(13-17)9-8-16-12-25-21-7-6-18(24)11-19(16)21/h3-7,11-12,17,25H,8-10,13H2,1-2H3,(H,26,29)/t17-/m0/s1. The van der Waals surface area contributed by atoms with Gasteiger partial charge in [-0.1, -0.05) is 23.7 Å². The molecule has 3 aromatic rings. The molecule has 0 radical (unpaired) electrons. The minimum absolute atomic E-state index is 0.0315. The lowest BCUT2D eigenvalue weighted by Gasteiger charge is -2.17. The number of amides is 2. The second-order valence-electron chi connectivity index (χ2n) is 7.73. The lowest BCUT2D eigenvalue weighted by molar-refractivity contribution is -0.128. The van der Waals surface area contributed by atoms with Gasteiger partial charge in [-0.3, -0.25) is 9.59 Å². The maximum atomic E-state index is 12.7. The number of hydrogen-bond donors (Lipinski definition) is 2. The molecule has 2 amide bonds. The Morgan fingerprint density at radius 1 is 1.28 bits per heavy atom. The number of carbonyl (C=O) groups is 2. The molecule has 0 unspecified atom stereocenters. The number of aromatic nitrogens is 1. The Morgan fingerprint density at radius 2 is 2.10 bits per heavy atom. The van der Waals surface area contributed by atoms with Crippen LogP contribution < -0.4 is 5.32 Å². The van der Waals surface area contributed by atoms with Crippen LogP contribution >= 0.6 is 11.6 Å². The van der Waals surface area contributed by atoms with Crippen LogP contribution in [0.4, 0.5) is 5.69 Å². The molecule has 1 atom stereocenters. The fourth-order valence-corrected chi connectivity index (χ4v) is 4.07. The Kier molecular flexibility index (Phi) is 5.33. The van der Waals surface area contributed by atoms with E-state index in [1.807, 2.05) is 56.4 Å². The molecule has 1 saturated heterocycles. The maximum Gasteiger partial charge on any atom is 0.229 e. The number of anilines is 1. The van der Waals surface area contributed by atoms with E-state index in [2.05, 4.69) is 10.3 Å². The second kappa shape index (κ2) is 7.91. The average Bonchev–Trinajstić information content (AvgIpc) is 3.26. The van der Waals surface area contributed by atoms with Crippen LogP contribution in [0.3, 0.4) is 0 Å². The van der Waals surface area contributed by atoms with Gasteiger partial charge in [-0.15, -0.1) is 0 Å². The SMILES string of the molecule is Cc1cccc(NC(=O)[C@H]2CC(=O)N(CCc3c[nH]c4ccc(Cl)cc34)C2)c1C. The van der Waals surface area contributed by atoms with Gasteiger partial charge in [0.1, 0.15) is 0 Å². The molecule has 1 aliphatic heterocycles. The van der Waals surface area contributed by atoms with E-state index in [4.69, 9.17) is 11.6 Å². The van der Waals surface area contributed by atoms with Gasteiger partial charge in [0.25, 0.3) is 0 Å². The van der Waals surface area contributed by atoms with E-state index in [-0.39, 0.29) is 24.2 Å². The van der Waals surface area contributed by atoms with Gasteiger partial charge in [0, 0.05) is 47.3 Å². The van der Waals surface area contributed by atoms with Crippen LogP contribution in [0.5, 0.6) is 0 Å². The molecule has 29 heavy (non-hydrogen) atoms. The number of rotatable bonds is 5. The highest BCUT2D eigenvalue weighted by molar-refractivity contribution is 6.31. The number of carbonyl (C=O) groups excluding carboxylic acids is 2. The van der Waals surface area contributed by atoms with Gasteiger partial charge in [0.05, 0.1) is 5.92 Å². The maximum absolute atomic E-state index is 12.7. The van der Waals surface area contributed by atoms with Gasteiger partial charge < -0.3 is 15.2 Å². The molecular formula is C23H24ClN3O2. The van der Waals surface area contributed by atoms with E-state index < -0.39 is 0 Å². The number of aryl methyl sites for hydroxylation is 1. The van der Waals surface area contributed by atoms with Crippen molar-refractivity contribution in [1.29, 1.82) is 0 Å². The summed E-state index contributed by atoms with van der Waals surface area (Å²) in [4.78, 5) is 30.2. The number of likely N-dealkylation sites (tertiary alicyclic amines) is 1. The van der Waals surface area contributed by atoms with Crippen molar-refractivity contribution in [3.63, 3.8) is 0 Å². The average molecular weight is 410 g/mol. The summed E-state index contributed by atoms with van der Waals surface area (Å²) >= 11 is 6.12. The predicted molar refractivity (Wildman–Crippen MR) is 116 cm³/mol. The van der Waals surface area contributed by atoms with Crippen LogP contribution in [0.15, 0.2) is 42.6 Å². The summed E-state index contributed by atoms with van der Waals surface area (Å²) in [6.45, 7) is 5.05. The van der Waals surface area contributed by atoms with Crippen LogP contribution in [0.2, 0.25) is 5.02 Å². The third kappa shape index (κ3) is 4.01. The Balaban J connectivity index is 1.39. The van der Waals surface area contributed by atoms with Crippen molar-refractivity contribution >= 4 is 40.0 Å². The first-order valence-electron chi connectivity index (χ1n) is 9.82. The van der Waals surface area contributed by atoms with Crippen LogP contribution in [-0.4, -0.2) is 34.8 Å². The molecule has 1 aliphatic rings. The number of benzene rings is 2. The summed E-state index contributed by atoms with van der Waals surface area (Å²) in [5.74, 6) is -0.378. The third-order valence-electron chi connectivity index (χ3n) is 5.83. The highest BCUT2D eigenvalue weighted by Crippen LogP contribution is 2.25. The number of fused-ring (bicyclic) bond motifs is 1. The van der Waals surface area contributed by atoms with E-state index in [0.717, 1.165) is 39.7 Å². The molecule has 2 heterocycles. The number of halogens is 1. The van der Waals surface area contributed by atoms with Crippen LogP contribution in [0.1, 0.15) is 23.1 Å². The van der Waals surface area contributed by atoms with Gasteiger partial charge in [0.15, 0.2) is 0 Å². The Bertz CT molecular complexity index is 1090. The minimum Gasteiger partial charge on any atom is -0.361 e. The Morgan fingerprint density at radius 3 is 2.93 bits per heavy atom. The first kappa shape index (κ1) is 19.5. The summed E-state index contributed by atoms with van der Waals surface area (Å²) in [7, 11) is 0. The summed E-state index contributed by atoms with van der Waals surface area (Å²) in [5.41, 5.74) is 5.16. The summed E-state index contributed by atoms with van der Waals surface area (Å²) in [6.07, 6.45) is 2.94. The van der Waals surface area contributed by atoms with Crippen LogP contribution in [0.25, 0.3) is 10.9 Å². The highest BCUT2D eigenvalue weighted by atomic mass is 35.5. The van der Waals surface area contributed by atoms with Gasteiger partial charge in [-0.25, -0.2) is 0 Å². The topological polar surface area (TPSA) is 65.2 Å². The predicted octanol–water partition coefficient (Wildman–Crippen LogP) is 4.47.